The molecule has 9 heteroatoms. The van der Waals surface area contributed by atoms with E-state index >= 15 is 0 Å². The van der Waals surface area contributed by atoms with Gasteiger partial charge in [-0.25, -0.2) is 22.7 Å². The van der Waals surface area contributed by atoms with Crippen LogP contribution in [0.15, 0.2) is 72.5 Å². The molecule has 3 rings (SSSR count). The number of benzene rings is 1. The van der Waals surface area contributed by atoms with Gasteiger partial charge in [0.2, 0.25) is 10.0 Å². The zero-order valence-corrected chi connectivity index (χ0v) is 25.4. The highest BCUT2D eigenvalue weighted by Crippen LogP contribution is 2.30. The highest BCUT2D eigenvalue weighted by Gasteiger charge is 2.28. The van der Waals surface area contributed by atoms with Crippen LogP contribution in [0.3, 0.4) is 0 Å². The predicted octanol–water partition coefficient (Wildman–Crippen LogP) is 5.36. The average molecular weight is 563 g/mol. The Labute approximate surface area is 240 Å². The Hall–Kier alpha value is -3.56. The monoisotopic (exact) mass is 562 g/mol. The number of hydrogen-bond acceptors (Lipinski definition) is 7. The Morgan fingerprint density at radius 1 is 1.25 bits per heavy atom. The Balaban J connectivity index is 2.02. The van der Waals surface area contributed by atoms with Crippen molar-refractivity contribution in [3.63, 3.8) is 0 Å². The molecule has 2 aromatic rings. The van der Waals surface area contributed by atoms with Crippen LogP contribution >= 0.6 is 0 Å². The summed E-state index contributed by atoms with van der Waals surface area (Å²) >= 11 is 0. The molecule has 0 saturated carbocycles. The molecule has 0 spiro atoms. The maximum atomic E-state index is 12.0. The molecular weight excluding hydrogens is 520 g/mol. The molecule has 1 N–H and O–H groups in total. The van der Waals surface area contributed by atoms with Crippen molar-refractivity contribution in [3.8, 4) is 11.4 Å². The molecule has 0 bridgehead atoms. The summed E-state index contributed by atoms with van der Waals surface area (Å²) in [6, 6.07) is 8.18. The number of hydrogen-bond donors (Lipinski definition) is 1. The van der Waals surface area contributed by atoms with Crippen LogP contribution in [-0.4, -0.2) is 80.3 Å². The van der Waals surface area contributed by atoms with E-state index in [0.717, 1.165) is 46.3 Å². The molecule has 1 aliphatic rings. The van der Waals surface area contributed by atoms with Crippen LogP contribution in [0.25, 0.3) is 22.5 Å². The lowest BCUT2D eigenvalue weighted by atomic mass is 9.91. The summed E-state index contributed by atoms with van der Waals surface area (Å²) in [5, 5.41) is 3.65. The maximum absolute atomic E-state index is 12.0. The van der Waals surface area contributed by atoms with Crippen molar-refractivity contribution in [2.45, 2.75) is 32.7 Å². The number of nitrogens with one attached hydrogen (secondary N) is 1. The van der Waals surface area contributed by atoms with Gasteiger partial charge in [0.15, 0.2) is 5.82 Å². The molecule has 1 fully saturated rings. The second-order valence-corrected chi connectivity index (χ2v) is 12.5. The van der Waals surface area contributed by atoms with Crippen LogP contribution in [0.2, 0.25) is 0 Å². The van der Waals surface area contributed by atoms with Gasteiger partial charge in [-0.05, 0) is 49.8 Å². The minimum absolute atomic E-state index is 0.0644. The van der Waals surface area contributed by atoms with Gasteiger partial charge in [-0.1, -0.05) is 49.1 Å². The first-order valence-corrected chi connectivity index (χ1v) is 15.3. The lowest BCUT2D eigenvalue weighted by Gasteiger charge is -2.34. The van der Waals surface area contributed by atoms with Gasteiger partial charge in [-0.2, -0.15) is 0 Å². The fraction of sp³-hybridized carbons (Fsp3) is 0.387. The van der Waals surface area contributed by atoms with Gasteiger partial charge in [0.1, 0.15) is 5.82 Å². The topological polar surface area (TPSA) is 90.8 Å². The Bertz CT molecular complexity index is 1420. The van der Waals surface area contributed by atoms with Crippen molar-refractivity contribution < 1.29 is 8.42 Å². The maximum Gasteiger partial charge on any atom is 0.211 e. The van der Waals surface area contributed by atoms with E-state index in [0.29, 0.717) is 30.6 Å². The fourth-order valence-electron chi connectivity index (χ4n) is 4.83. The van der Waals surface area contributed by atoms with Crippen LogP contribution in [0.4, 0.5) is 5.82 Å². The molecule has 1 unspecified atom stereocenters. The van der Waals surface area contributed by atoms with E-state index < -0.39 is 10.0 Å². The molecule has 1 atom stereocenters. The van der Waals surface area contributed by atoms with Crippen LogP contribution < -0.4 is 5.32 Å². The predicted molar refractivity (Wildman–Crippen MR) is 169 cm³/mol. The summed E-state index contributed by atoms with van der Waals surface area (Å²) in [4.78, 5) is 16.0. The number of piperidine rings is 1. The van der Waals surface area contributed by atoms with Gasteiger partial charge >= 0.3 is 0 Å². The van der Waals surface area contributed by atoms with E-state index in [1.807, 2.05) is 68.7 Å². The minimum atomic E-state index is -3.18. The van der Waals surface area contributed by atoms with Crippen molar-refractivity contribution in [1.29, 1.82) is 0 Å². The fourth-order valence-corrected chi connectivity index (χ4v) is 5.71. The molecular formula is C31H42N6O2S. The minimum Gasteiger partial charge on any atom is -0.383 e. The Kier molecular flexibility index (Phi) is 10.6. The molecule has 1 saturated heterocycles. The number of aromatic nitrogens is 2. The number of anilines is 1. The molecule has 1 aromatic carbocycles. The third kappa shape index (κ3) is 8.22. The van der Waals surface area contributed by atoms with Gasteiger partial charge in [0, 0.05) is 75.6 Å². The zero-order chi connectivity index (χ0) is 29.4. The SMILES string of the molecule is C=C/C(=C\N(C)C)c1cccc(-c2ncc(C(/C=N\C)=C/C(=C)C)c(NC(C)C3CCN(S(C)(=O)=O)CC3)n2)c1. The smallest absolute Gasteiger partial charge is 0.211 e. The zero-order valence-electron chi connectivity index (χ0n) is 24.6. The quantitative estimate of drug-likeness (QED) is 0.293. The second-order valence-electron chi connectivity index (χ2n) is 10.6. The second kappa shape index (κ2) is 13.7. The summed E-state index contributed by atoms with van der Waals surface area (Å²) in [7, 11) is 2.52. The van der Waals surface area contributed by atoms with E-state index in [1.165, 1.54) is 6.26 Å². The molecule has 1 aliphatic heterocycles. The van der Waals surface area contributed by atoms with Crippen molar-refractivity contribution in [2.75, 3.05) is 45.8 Å². The van der Waals surface area contributed by atoms with E-state index in [-0.39, 0.29) is 6.04 Å². The number of allylic oxidation sites excluding steroid dienone is 5. The Morgan fingerprint density at radius 3 is 2.52 bits per heavy atom. The van der Waals surface area contributed by atoms with E-state index in [4.69, 9.17) is 9.97 Å². The number of nitrogens with zero attached hydrogens (tertiary/aromatic N) is 5. The molecule has 1 aromatic heterocycles. The highest BCUT2D eigenvalue weighted by atomic mass is 32.2. The normalized spacial score (nSPS) is 16.6. The van der Waals surface area contributed by atoms with Crippen molar-refractivity contribution in [1.82, 2.24) is 19.2 Å². The van der Waals surface area contributed by atoms with E-state index in [2.05, 4.69) is 36.5 Å². The number of sulfonamides is 1. The number of rotatable bonds is 11. The summed E-state index contributed by atoms with van der Waals surface area (Å²) < 4.78 is 25.5. The van der Waals surface area contributed by atoms with Gasteiger partial charge in [0.05, 0.1) is 6.26 Å². The first-order chi connectivity index (χ1) is 18.9. The standard InChI is InChI=1S/C31H42N6O2S/c1-9-24(21-36(6)7)26-11-10-12-27(18-26)30-33-20-29(28(19-32-5)17-22(2)3)31(35-30)34-23(4)25-13-15-37(16-14-25)40(8,38)39/h9-12,17-21,23,25H,1-2,13-16H2,3-8H3,(H,33,34,35)/b24-21+,28-17+,32-19-. The summed E-state index contributed by atoms with van der Waals surface area (Å²) in [5.41, 5.74) is 5.50. The molecule has 8 nitrogen and oxygen atoms in total. The highest BCUT2D eigenvalue weighted by molar-refractivity contribution is 7.88. The van der Waals surface area contributed by atoms with E-state index in [1.54, 1.807) is 17.6 Å². The first kappa shape index (κ1) is 31.0. The van der Waals surface area contributed by atoms with Gasteiger partial charge in [-0.3, -0.25) is 4.99 Å². The molecule has 0 aliphatic carbocycles. The molecule has 0 amide bonds. The largest absolute Gasteiger partial charge is 0.383 e. The van der Waals surface area contributed by atoms with Crippen LogP contribution in [-0.2, 0) is 10.0 Å². The summed E-state index contributed by atoms with van der Waals surface area (Å²) in [6.45, 7) is 13.1. The summed E-state index contributed by atoms with van der Waals surface area (Å²) in [6.07, 6.45) is 12.3. The molecule has 0 radical (unpaired) electrons. The lowest BCUT2D eigenvalue weighted by Crippen LogP contribution is -2.41. The third-order valence-corrected chi connectivity index (χ3v) is 8.18. The van der Waals surface area contributed by atoms with Crippen LogP contribution in [0.5, 0.6) is 0 Å². The average Bonchev–Trinajstić information content (AvgIpc) is 2.90. The van der Waals surface area contributed by atoms with Crippen molar-refractivity contribution in [3.05, 3.63) is 78.7 Å². The van der Waals surface area contributed by atoms with Crippen molar-refractivity contribution in [2.24, 2.45) is 10.9 Å². The van der Waals surface area contributed by atoms with Gasteiger partial charge < -0.3 is 10.2 Å². The third-order valence-electron chi connectivity index (χ3n) is 6.88. The van der Waals surface area contributed by atoms with Crippen LogP contribution in [0, 0.1) is 5.92 Å². The summed E-state index contributed by atoms with van der Waals surface area (Å²) in [5.74, 6) is 1.60. The van der Waals surface area contributed by atoms with Crippen LogP contribution in [0.1, 0.15) is 37.8 Å². The lowest BCUT2D eigenvalue weighted by molar-refractivity contribution is 0.258. The molecule has 40 heavy (non-hydrogen) atoms. The first-order valence-electron chi connectivity index (χ1n) is 13.4. The van der Waals surface area contributed by atoms with Gasteiger partial charge in [-0.15, -0.1) is 0 Å². The van der Waals surface area contributed by atoms with Crippen molar-refractivity contribution >= 4 is 33.2 Å². The van der Waals surface area contributed by atoms with E-state index in [9.17, 15) is 8.42 Å². The molecule has 214 valence electrons. The molecule has 2 heterocycles. The van der Waals surface area contributed by atoms with Gasteiger partial charge in [0.25, 0.3) is 0 Å². The number of aliphatic imine (C=N–C) groups is 1. The Morgan fingerprint density at radius 2 is 1.95 bits per heavy atom.